The Kier molecular flexibility index (Phi) is 2.63. The third kappa shape index (κ3) is 1.82. The van der Waals surface area contributed by atoms with Crippen molar-refractivity contribution >= 4 is 17.1 Å². The number of fused-ring (bicyclic) bond motifs is 1. The summed E-state index contributed by atoms with van der Waals surface area (Å²) in [7, 11) is 0. The fraction of sp³-hybridized carbons (Fsp3) is 0.250. The third-order valence-corrected chi connectivity index (χ3v) is 3.75. The van der Waals surface area contributed by atoms with E-state index in [1.165, 1.54) is 11.3 Å². The van der Waals surface area contributed by atoms with E-state index in [9.17, 15) is 4.91 Å². The van der Waals surface area contributed by atoms with E-state index in [1.54, 1.807) is 6.07 Å². The summed E-state index contributed by atoms with van der Waals surface area (Å²) >= 11 is 0. The molecule has 0 fully saturated rings. The molecule has 0 amide bonds. The van der Waals surface area contributed by atoms with Crippen LogP contribution in [0.3, 0.4) is 0 Å². The summed E-state index contributed by atoms with van der Waals surface area (Å²) in [6, 6.07) is 15.9. The summed E-state index contributed by atoms with van der Waals surface area (Å²) in [5.41, 5.74) is 3.94. The van der Waals surface area contributed by atoms with Gasteiger partial charge in [-0.2, -0.15) is 0 Å². The van der Waals surface area contributed by atoms with Crippen LogP contribution in [0.2, 0.25) is 0 Å². The highest BCUT2D eigenvalue weighted by atomic mass is 16.3. The lowest BCUT2D eigenvalue weighted by atomic mass is 9.87. The molecule has 2 aromatic carbocycles. The molecular formula is C16H16N2O. The second kappa shape index (κ2) is 4.19. The van der Waals surface area contributed by atoms with Crippen LogP contribution < -0.4 is 4.90 Å². The third-order valence-electron chi connectivity index (χ3n) is 3.75. The fourth-order valence-electron chi connectivity index (χ4n) is 2.83. The molecule has 96 valence electrons. The summed E-state index contributed by atoms with van der Waals surface area (Å²) in [6.45, 7) is 5.31. The average molecular weight is 252 g/mol. The number of benzene rings is 2. The molecule has 3 rings (SSSR count). The standard InChI is InChI=1S/C16H16N2O/c1-16(2)11-18(14-9-5-3-7-12(14)16)15-10-6-4-8-13(15)17-19/h3-10H,11H2,1-2H3. The molecule has 0 N–H and O–H groups in total. The predicted octanol–water partition coefficient (Wildman–Crippen LogP) is 4.51. The smallest absolute Gasteiger partial charge is 0.131 e. The maximum Gasteiger partial charge on any atom is 0.131 e. The molecule has 0 spiro atoms. The lowest BCUT2D eigenvalue weighted by Gasteiger charge is -2.23. The van der Waals surface area contributed by atoms with Crippen LogP contribution in [0, 0.1) is 4.91 Å². The van der Waals surface area contributed by atoms with Gasteiger partial charge in [0.25, 0.3) is 0 Å². The van der Waals surface area contributed by atoms with Crippen LogP contribution in [0.25, 0.3) is 0 Å². The Morgan fingerprint density at radius 3 is 2.37 bits per heavy atom. The van der Waals surface area contributed by atoms with Gasteiger partial charge in [0.2, 0.25) is 0 Å². The van der Waals surface area contributed by atoms with Crippen molar-refractivity contribution in [3.8, 4) is 0 Å². The minimum Gasteiger partial charge on any atom is -0.338 e. The van der Waals surface area contributed by atoms with Crippen LogP contribution in [0.15, 0.2) is 53.7 Å². The first-order valence-electron chi connectivity index (χ1n) is 6.43. The van der Waals surface area contributed by atoms with Crippen LogP contribution in [0.5, 0.6) is 0 Å². The normalized spacial score (nSPS) is 16.2. The number of nitroso groups, excluding NO2 is 1. The first kappa shape index (κ1) is 11.9. The van der Waals surface area contributed by atoms with E-state index in [1.807, 2.05) is 24.3 Å². The molecule has 0 aliphatic carbocycles. The minimum absolute atomic E-state index is 0.0760. The molecule has 1 aliphatic rings. The molecule has 0 radical (unpaired) electrons. The Morgan fingerprint density at radius 1 is 1.00 bits per heavy atom. The first-order chi connectivity index (χ1) is 9.13. The van der Waals surface area contributed by atoms with E-state index >= 15 is 0 Å². The van der Waals surface area contributed by atoms with Gasteiger partial charge in [-0.3, -0.25) is 0 Å². The quantitative estimate of drug-likeness (QED) is 0.736. The van der Waals surface area contributed by atoms with E-state index in [4.69, 9.17) is 0 Å². The fourth-order valence-corrected chi connectivity index (χ4v) is 2.83. The van der Waals surface area contributed by atoms with E-state index in [2.05, 4.69) is 42.1 Å². The zero-order valence-corrected chi connectivity index (χ0v) is 11.1. The molecule has 0 bridgehead atoms. The monoisotopic (exact) mass is 252 g/mol. The number of anilines is 2. The van der Waals surface area contributed by atoms with E-state index in [-0.39, 0.29) is 5.41 Å². The highest BCUT2D eigenvalue weighted by Crippen LogP contribution is 2.46. The van der Waals surface area contributed by atoms with Crippen molar-refractivity contribution in [1.82, 2.24) is 0 Å². The molecule has 1 heterocycles. The van der Waals surface area contributed by atoms with Crippen LogP contribution in [-0.2, 0) is 5.41 Å². The molecule has 0 atom stereocenters. The van der Waals surface area contributed by atoms with Crippen LogP contribution >= 0.6 is 0 Å². The Balaban J connectivity index is 2.16. The van der Waals surface area contributed by atoms with Gasteiger partial charge in [-0.25, -0.2) is 0 Å². The molecule has 1 aliphatic heterocycles. The maximum atomic E-state index is 11.0. The van der Waals surface area contributed by atoms with E-state index < -0.39 is 0 Å². The van der Waals surface area contributed by atoms with Gasteiger partial charge in [-0.05, 0) is 28.9 Å². The lowest BCUT2D eigenvalue weighted by Crippen LogP contribution is -2.24. The molecule has 0 saturated carbocycles. The van der Waals surface area contributed by atoms with Gasteiger partial charge in [0, 0.05) is 17.6 Å². The minimum atomic E-state index is 0.0760. The summed E-state index contributed by atoms with van der Waals surface area (Å²) in [5, 5.41) is 3.14. The predicted molar refractivity (Wildman–Crippen MR) is 78.4 cm³/mol. The van der Waals surface area contributed by atoms with Crippen molar-refractivity contribution in [1.29, 1.82) is 0 Å². The average Bonchev–Trinajstić information content (AvgIpc) is 2.71. The second-order valence-corrected chi connectivity index (χ2v) is 5.57. The summed E-state index contributed by atoms with van der Waals surface area (Å²) < 4.78 is 0. The highest BCUT2D eigenvalue weighted by molar-refractivity contribution is 5.79. The maximum absolute atomic E-state index is 11.0. The van der Waals surface area contributed by atoms with Crippen LogP contribution in [0.4, 0.5) is 17.1 Å². The Labute approximate surface area is 112 Å². The number of hydrogen-bond donors (Lipinski definition) is 0. The summed E-state index contributed by atoms with van der Waals surface area (Å²) in [6.07, 6.45) is 0. The highest BCUT2D eigenvalue weighted by Gasteiger charge is 2.36. The zero-order valence-electron chi connectivity index (χ0n) is 11.1. The Morgan fingerprint density at radius 2 is 1.63 bits per heavy atom. The topological polar surface area (TPSA) is 32.7 Å². The first-order valence-corrected chi connectivity index (χ1v) is 6.43. The largest absolute Gasteiger partial charge is 0.338 e. The van der Waals surface area contributed by atoms with Gasteiger partial charge in [0.1, 0.15) is 5.69 Å². The second-order valence-electron chi connectivity index (χ2n) is 5.57. The Hall–Kier alpha value is -2.16. The molecular weight excluding hydrogens is 236 g/mol. The number of hydrogen-bond acceptors (Lipinski definition) is 3. The van der Waals surface area contributed by atoms with Crippen LogP contribution in [0.1, 0.15) is 19.4 Å². The lowest BCUT2D eigenvalue weighted by molar-refractivity contribution is 0.569. The van der Waals surface area contributed by atoms with Gasteiger partial charge in [-0.1, -0.05) is 44.2 Å². The van der Waals surface area contributed by atoms with Gasteiger partial charge in [0.15, 0.2) is 0 Å². The van der Waals surface area contributed by atoms with Crippen molar-refractivity contribution in [3.63, 3.8) is 0 Å². The van der Waals surface area contributed by atoms with E-state index in [0.717, 1.165) is 12.2 Å². The summed E-state index contributed by atoms with van der Waals surface area (Å²) in [4.78, 5) is 13.2. The molecule has 0 aromatic heterocycles. The molecule has 3 heteroatoms. The van der Waals surface area contributed by atoms with Gasteiger partial charge < -0.3 is 4.90 Å². The Bertz CT molecular complexity index is 634. The van der Waals surface area contributed by atoms with Gasteiger partial charge in [-0.15, -0.1) is 4.91 Å². The van der Waals surface area contributed by atoms with E-state index in [0.29, 0.717) is 5.69 Å². The van der Waals surface area contributed by atoms with Crippen molar-refractivity contribution in [2.75, 3.05) is 11.4 Å². The van der Waals surface area contributed by atoms with Crippen LogP contribution in [-0.4, -0.2) is 6.54 Å². The zero-order chi connectivity index (χ0) is 13.5. The van der Waals surface area contributed by atoms with Gasteiger partial charge in [0.05, 0.1) is 5.69 Å². The molecule has 2 aromatic rings. The SMILES string of the molecule is CC1(C)CN(c2ccccc2N=O)c2ccccc21. The van der Waals surface area contributed by atoms with Crippen molar-refractivity contribution in [2.24, 2.45) is 5.18 Å². The molecule has 19 heavy (non-hydrogen) atoms. The molecule has 0 unspecified atom stereocenters. The molecule has 0 saturated heterocycles. The number of para-hydroxylation sites is 2. The van der Waals surface area contributed by atoms with Gasteiger partial charge >= 0.3 is 0 Å². The summed E-state index contributed by atoms with van der Waals surface area (Å²) in [5.74, 6) is 0. The molecule has 3 nitrogen and oxygen atoms in total. The number of rotatable bonds is 2. The van der Waals surface area contributed by atoms with Crippen molar-refractivity contribution in [2.45, 2.75) is 19.3 Å². The van der Waals surface area contributed by atoms with Crippen molar-refractivity contribution in [3.05, 3.63) is 59.0 Å². The van der Waals surface area contributed by atoms with Crippen molar-refractivity contribution < 1.29 is 0 Å². The number of nitrogens with zero attached hydrogens (tertiary/aromatic N) is 2.